The predicted molar refractivity (Wildman–Crippen MR) is 110 cm³/mol. The molecule has 1 fully saturated rings. The second-order valence-corrected chi connectivity index (χ2v) is 9.07. The van der Waals surface area contributed by atoms with Gasteiger partial charge in [-0.3, -0.25) is 4.79 Å². The minimum absolute atomic E-state index is 0.0704. The molecule has 1 heterocycles. The first-order valence-corrected chi connectivity index (χ1v) is 11.0. The molecular weight excluding hydrogens is 435 g/mol. The van der Waals surface area contributed by atoms with Gasteiger partial charge in [0.05, 0.1) is 30.6 Å². The summed E-state index contributed by atoms with van der Waals surface area (Å²) < 4.78 is 50.6. The highest BCUT2D eigenvalue weighted by atomic mass is 35.5. The number of hydrogen-bond donors (Lipinski definition) is 0. The summed E-state index contributed by atoms with van der Waals surface area (Å²) in [5, 5.41) is -0.250. The first-order valence-electron chi connectivity index (χ1n) is 9.20. The number of amides is 1. The zero-order chi connectivity index (χ0) is 21.9. The monoisotopic (exact) mass is 456 g/mol. The van der Waals surface area contributed by atoms with Crippen molar-refractivity contribution in [1.29, 1.82) is 0 Å². The van der Waals surface area contributed by atoms with Crippen LogP contribution >= 0.6 is 11.6 Å². The molecule has 162 valence electrons. The fourth-order valence-electron chi connectivity index (χ4n) is 3.24. The maximum absolute atomic E-state index is 13.3. The Bertz CT molecular complexity index is 1040. The summed E-state index contributed by atoms with van der Waals surface area (Å²) >= 11 is 5.71. The summed E-state index contributed by atoms with van der Waals surface area (Å²) in [4.78, 5) is 14.2. The SMILES string of the molecule is COc1ccc(CC(=O)N2CCN(S(=O)(=O)c3ccc(F)c(Cl)c3)CC2)cc1OC. The molecule has 2 aromatic rings. The highest BCUT2D eigenvalue weighted by Crippen LogP contribution is 2.28. The Morgan fingerprint density at radius 2 is 1.70 bits per heavy atom. The van der Waals surface area contributed by atoms with Crippen molar-refractivity contribution in [2.75, 3.05) is 40.4 Å². The third-order valence-corrected chi connectivity index (χ3v) is 7.11. The van der Waals surface area contributed by atoms with Crippen LogP contribution in [0, 0.1) is 5.82 Å². The third kappa shape index (κ3) is 4.69. The van der Waals surface area contributed by atoms with Gasteiger partial charge in [-0.15, -0.1) is 0 Å². The van der Waals surface area contributed by atoms with Gasteiger partial charge in [-0.05, 0) is 35.9 Å². The highest BCUT2D eigenvalue weighted by Gasteiger charge is 2.30. The highest BCUT2D eigenvalue weighted by molar-refractivity contribution is 7.89. The van der Waals surface area contributed by atoms with Crippen LogP contribution in [0.4, 0.5) is 4.39 Å². The van der Waals surface area contributed by atoms with Gasteiger partial charge in [0.25, 0.3) is 0 Å². The summed E-state index contributed by atoms with van der Waals surface area (Å²) in [5.74, 6) is 0.329. The Labute approximate surface area is 180 Å². The first kappa shape index (κ1) is 22.3. The van der Waals surface area contributed by atoms with E-state index in [1.165, 1.54) is 24.6 Å². The number of carbonyl (C=O) groups is 1. The number of ether oxygens (including phenoxy) is 2. The van der Waals surface area contributed by atoms with E-state index in [0.717, 1.165) is 17.7 Å². The smallest absolute Gasteiger partial charge is 0.243 e. The summed E-state index contributed by atoms with van der Waals surface area (Å²) in [5.41, 5.74) is 0.772. The number of methoxy groups -OCH3 is 2. The van der Waals surface area contributed by atoms with Crippen molar-refractivity contribution in [3.05, 3.63) is 52.8 Å². The molecule has 1 amide bonds. The van der Waals surface area contributed by atoms with Crippen LogP contribution in [0.15, 0.2) is 41.3 Å². The number of carbonyl (C=O) groups excluding carboxylic acids is 1. The molecule has 7 nitrogen and oxygen atoms in total. The molecule has 30 heavy (non-hydrogen) atoms. The fourth-order valence-corrected chi connectivity index (χ4v) is 4.94. The Kier molecular flexibility index (Phi) is 6.84. The lowest BCUT2D eigenvalue weighted by Crippen LogP contribution is -2.50. The number of hydrogen-bond acceptors (Lipinski definition) is 5. The molecule has 0 radical (unpaired) electrons. The molecule has 10 heteroatoms. The van der Waals surface area contributed by atoms with Gasteiger partial charge in [0.2, 0.25) is 15.9 Å². The summed E-state index contributed by atoms with van der Waals surface area (Å²) in [6.45, 7) is 0.824. The van der Waals surface area contributed by atoms with E-state index in [1.54, 1.807) is 23.1 Å². The van der Waals surface area contributed by atoms with E-state index >= 15 is 0 Å². The molecule has 0 unspecified atom stereocenters. The van der Waals surface area contributed by atoms with Crippen molar-refractivity contribution in [3.8, 4) is 11.5 Å². The number of piperazine rings is 1. The molecule has 0 spiro atoms. The molecule has 0 N–H and O–H groups in total. The van der Waals surface area contributed by atoms with Gasteiger partial charge < -0.3 is 14.4 Å². The molecule has 1 aliphatic rings. The van der Waals surface area contributed by atoms with Crippen molar-refractivity contribution in [3.63, 3.8) is 0 Å². The zero-order valence-corrected chi connectivity index (χ0v) is 18.2. The van der Waals surface area contributed by atoms with Crippen molar-refractivity contribution in [2.24, 2.45) is 0 Å². The molecule has 1 aliphatic heterocycles. The molecule has 0 aliphatic carbocycles. The molecule has 0 atom stereocenters. The minimum Gasteiger partial charge on any atom is -0.493 e. The minimum atomic E-state index is -3.81. The maximum Gasteiger partial charge on any atom is 0.243 e. The van der Waals surface area contributed by atoms with Gasteiger partial charge >= 0.3 is 0 Å². The lowest BCUT2D eigenvalue weighted by Gasteiger charge is -2.34. The van der Waals surface area contributed by atoms with Gasteiger partial charge in [-0.2, -0.15) is 4.31 Å². The van der Waals surface area contributed by atoms with Gasteiger partial charge in [0.15, 0.2) is 11.5 Å². The molecule has 0 bridgehead atoms. The van der Waals surface area contributed by atoms with Crippen LogP contribution in [0.25, 0.3) is 0 Å². The topological polar surface area (TPSA) is 76.2 Å². The third-order valence-electron chi connectivity index (χ3n) is 4.92. The lowest BCUT2D eigenvalue weighted by atomic mass is 10.1. The van der Waals surface area contributed by atoms with Crippen LogP contribution in [0.5, 0.6) is 11.5 Å². The van der Waals surface area contributed by atoms with Crippen LogP contribution in [0.3, 0.4) is 0 Å². The van der Waals surface area contributed by atoms with Gasteiger partial charge in [0, 0.05) is 26.2 Å². The van der Waals surface area contributed by atoms with Crippen molar-refractivity contribution >= 4 is 27.5 Å². The Morgan fingerprint density at radius 3 is 2.30 bits per heavy atom. The van der Waals surface area contributed by atoms with E-state index in [2.05, 4.69) is 0 Å². The Morgan fingerprint density at radius 1 is 1.03 bits per heavy atom. The lowest BCUT2D eigenvalue weighted by molar-refractivity contribution is -0.131. The molecule has 1 saturated heterocycles. The Hall–Kier alpha value is -2.36. The summed E-state index contributed by atoms with van der Waals surface area (Å²) in [6.07, 6.45) is 0.167. The molecule has 0 aromatic heterocycles. The van der Waals surface area contributed by atoms with Crippen molar-refractivity contribution in [2.45, 2.75) is 11.3 Å². The molecule has 2 aromatic carbocycles. The largest absolute Gasteiger partial charge is 0.493 e. The maximum atomic E-state index is 13.3. The van der Waals surface area contributed by atoms with E-state index in [9.17, 15) is 17.6 Å². The summed E-state index contributed by atoms with van der Waals surface area (Å²) in [6, 6.07) is 8.58. The Balaban J connectivity index is 1.63. The second-order valence-electron chi connectivity index (χ2n) is 6.73. The quantitative estimate of drug-likeness (QED) is 0.667. The zero-order valence-electron chi connectivity index (χ0n) is 16.6. The van der Waals surface area contributed by atoms with Gasteiger partial charge in [-0.1, -0.05) is 17.7 Å². The van der Waals surface area contributed by atoms with Gasteiger partial charge in [-0.25, -0.2) is 12.8 Å². The average Bonchev–Trinajstić information content (AvgIpc) is 2.75. The van der Waals surface area contributed by atoms with Gasteiger partial charge in [0.1, 0.15) is 5.82 Å². The van der Waals surface area contributed by atoms with Crippen LogP contribution in [-0.2, 0) is 21.2 Å². The number of rotatable bonds is 6. The van der Waals surface area contributed by atoms with Crippen molar-refractivity contribution in [1.82, 2.24) is 9.21 Å². The first-order chi connectivity index (χ1) is 14.3. The van der Waals surface area contributed by atoms with E-state index in [1.807, 2.05) is 0 Å². The number of nitrogens with zero attached hydrogens (tertiary/aromatic N) is 2. The van der Waals surface area contributed by atoms with E-state index < -0.39 is 15.8 Å². The normalized spacial score (nSPS) is 15.1. The number of benzene rings is 2. The van der Waals surface area contributed by atoms with E-state index in [4.69, 9.17) is 21.1 Å². The van der Waals surface area contributed by atoms with Crippen LogP contribution < -0.4 is 9.47 Å². The number of sulfonamides is 1. The standard InChI is InChI=1S/C20H22ClFN2O5S/c1-28-18-6-3-14(11-19(18)29-2)12-20(25)23-7-9-24(10-8-23)30(26,27)15-4-5-17(22)16(21)13-15/h3-6,11,13H,7-10,12H2,1-2H3. The van der Waals surface area contributed by atoms with Crippen LogP contribution in [0.1, 0.15) is 5.56 Å². The van der Waals surface area contributed by atoms with Crippen molar-refractivity contribution < 1.29 is 27.1 Å². The van der Waals surface area contributed by atoms with Crippen LogP contribution in [0.2, 0.25) is 5.02 Å². The molecular formula is C20H22ClFN2O5S. The predicted octanol–water partition coefficient (Wildman–Crippen LogP) is 2.57. The van der Waals surface area contributed by atoms with E-state index in [0.29, 0.717) is 11.5 Å². The number of halogens is 2. The summed E-state index contributed by atoms with van der Waals surface area (Å²) in [7, 11) is -0.749. The second kappa shape index (κ2) is 9.20. The van der Waals surface area contributed by atoms with E-state index in [-0.39, 0.29) is 48.4 Å². The molecule has 0 saturated carbocycles. The van der Waals surface area contributed by atoms with Crippen LogP contribution in [-0.4, -0.2) is 63.9 Å². The molecule has 3 rings (SSSR count). The fraction of sp³-hybridized carbons (Fsp3) is 0.350. The average molecular weight is 457 g/mol.